The average Bonchev–Trinajstić information content (AvgIpc) is 3.18. The molecule has 0 radical (unpaired) electrons. The van der Waals surface area contributed by atoms with Crippen molar-refractivity contribution in [2.45, 2.75) is 19.3 Å². The maximum atomic E-state index is 13.0. The quantitative estimate of drug-likeness (QED) is 0.395. The molecule has 0 aliphatic heterocycles. The Morgan fingerprint density at radius 3 is 2.44 bits per heavy atom. The van der Waals surface area contributed by atoms with Crippen LogP contribution in [0.4, 0.5) is 5.95 Å². The van der Waals surface area contributed by atoms with Crippen molar-refractivity contribution in [3.05, 3.63) is 70.5 Å². The van der Waals surface area contributed by atoms with E-state index in [9.17, 15) is 9.90 Å². The molecule has 2 aromatic heterocycles. The normalized spacial score (nSPS) is 22.2. The molecule has 32 heavy (non-hydrogen) atoms. The molecule has 2 aromatic carbocycles. The molecule has 3 saturated carbocycles. The Kier molecular flexibility index (Phi) is 3.93. The first-order chi connectivity index (χ1) is 15.5. The smallest absolute Gasteiger partial charge is 0.402 e. The van der Waals surface area contributed by atoms with Crippen molar-refractivity contribution >= 4 is 22.8 Å². The minimum absolute atomic E-state index is 0.0520. The van der Waals surface area contributed by atoms with Crippen LogP contribution in [-0.2, 0) is 7.05 Å². The minimum Gasteiger partial charge on any atom is -0.499 e. The molecule has 2 bridgehead atoms. The second kappa shape index (κ2) is 6.63. The van der Waals surface area contributed by atoms with Gasteiger partial charge in [-0.05, 0) is 37.3 Å². The number of fused-ring (bicyclic) bond motifs is 1. The predicted octanol–water partition coefficient (Wildman–Crippen LogP) is 3.86. The zero-order valence-electron chi connectivity index (χ0n) is 17.9. The van der Waals surface area contributed by atoms with Gasteiger partial charge in [0.25, 0.3) is 11.6 Å². The number of hydrogen-bond donors (Lipinski definition) is 1. The van der Waals surface area contributed by atoms with Crippen LogP contribution in [0.2, 0.25) is 0 Å². The number of aromatic nitrogens is 3. The van der Waals surface area contributed by atoms with Gasteiger partial charge in [-0.3, -0.25) is 0 Å². The molecule has 0 atom stereocenters. The predicted molar refractivity (Wildman–Crippen MR) is 120 cm³/mol. The first-order valence-corrected chi connectivity index (χ1v) is 10.8. The van der Waals surface area contributed by atoms with Crippen LogP contribution in [0.1, 0.15) is 24.8 Å². The van der Waals surface area contributed by atoms with Gasteiger partial charge in [0.05, 0.1) is 19.8 Å². The van der Waals surface area contributed by atoms with Crippen molar-refractivity contribution < 1.29 is 14.1 Å². The highest BCUT2D eigenvalue weighted by Crippen LogP contribution is 2.65. The topological polar surface area (TPSA) is 84.2 Å². The molecule has 7 rings (SSSR count). The van der Waals surface area contributed by atoms with Crippen LogP contribution >= 0.6 is 0 Å². The van der Waals surface area contributed by atoms with Crippen molar-refractivity contribution in [1.29, 1.82) is 0 Å². The van der Waals surface area contributed by atoms with Crippen LogP contribution in [0.5, 0.6) is 5.75 Å². The van der Waals surface area contributed by atoms with Crippen molar-refractivity contribution in [1.82, 2.24) is 14.5 Å². The third-order valence-electron chi connectivity index (χ3n) is 6.96. The second-order valence-electron chi connectivity index (χ2n) is 8.99. The fourth-order valence-electron chi connectivity index (χ4n) is 5.32. The van der Waals surface area contributed by atoms with Gasteiger partial charge in [-0.2, -0.15) is 4.57 Å². The summed E-state index contributed by atoms with van der Waals surface area (Å²) in [6.45, 7) is 0. The Morgan fingerprint density at radius 2 is 1.78 bits per heavy atom. The lowest BCUT2D eigenvalue weighted by molar-refractivity contribution is -0.425. The van der Waals surface area contributed by atoms with Gasteiger partial charge in [0.15, 0.2) is 5.58 Å². The van der Waals surface area contributed by atoms with Gasteiger partial charge in [-0.1, -0.05) is 47.4 Å². The largest absolute Gasteiger partial charge is 0.499 e. The molecule has 0 unspecified atom stereocenters. The number of oxazole rings is 1. The van der Waals surface area contributed by atoms with Crippen molar-refractivity contribution in [3.63, 3.8) is 0 Å². The molecule has 7 nitrogen and oxygen atoms in total. The van der Waals surface area contributed by atoms with Crippen LogP contribution in [0, 0.1) is 11.3 Å². The van der Waals surface area contributed by atoms with E-state index in [2.05, 4.69) is 17.1 Å². The number of rotatable bonds is 4. The summed E-state index contributed by atoms with van der Waals surface area (Å²) in [5.41, 5.74) is 3.14. The van der Waals surface area contributed by atoms with E-state index >= 15 is 0 Å². The van der Waals surface area contributed by atoms with Crippen molar-refractivity contribution in [2.24, 2.45) is 18.4 Å². The van der Waals surface area contributed by atoms with Gasteiger partial charge in [0.2, 0.25) is 5.75 Å². The second-order valence-corrected chi connectivity index (χ2v) is 8.99. The summed E-state index contributed by atoms with van der Waals surface area (Å²) >= 11 is 0. The Hall–Kier alpha value is -3.74. The summed E-state index contributed by atoms with van der Waals surface area (Å²) in [5, 5.41) is 10.6. The Bertz CT molecular complexity index is 1420. The third-order valence-corrected chi connectivity index (χ3v) is 6.96. The number of aromatic hydroxyl groups is 1. The zero-order chi connectivity index (χ0) is 22.0. The molecule has 3 aliphatic rings. The van der Waals surface area contributed by atoms with E-state index in [-0.39, 0.29) is 17.0 Å². The van der Waals surface area contributed by atoms with Crippen LogP contribution < -0.4 is 5.56 Å². The molecule has 7 heteroatoms. The maximum absolute atomic E-state index is 13.0. The van der Waals surface area contributed by atoms with Gasteiger partial charge in [0.1, 0.15) is 5.52 Å². The summed E-state index contributed by atoms with van der Waals surface area (Å²) in [7, 11) is 3.57. The van der Waals surface area contributed by atoms with Crippen LogP contribution in [0.25, 0.3) is 22.7 Å². The van der Waals surface area contributed by atoms with E-state index in [1.54, 1.807) is 13.1 Å². The standard InChI is InChI=1S/C25H22N4O3/c1-28(21(16-8-4-3-5-9-16)25-12-15(13-25)14-25)24-27-19(20(30)23(31)29(24)2)22-26-17-10-6-7-11-18(17)32-22/h3-11,15H,12-14H2,1-2H3/p+1/b28-21+. The lowest BCUT2D eigenvalue weighted by atomic mass is 9.42. The highest BCUT2D eigenvalue weighted by atomic mass is 16.4. The summed E-state index contributed by atoms with van der Waals surface area (Å²) < 4.78 is 9.19. The highest BCUT2D eigenvalue weighted by Gasteiger charge is 2.61. The summed E-state index contributed by atoms with van der Waals surface area (Å²) in [6, 6.07) is 17.6. The third kappa shape index (κ3) is 2.60. The number of hydrogen-bond acceptors (Lipinski definition) is 5. The van der Waals surface area contributed by atoms with Crippen LogP contribution in [0.15, 0.2) is 63.8 Å². The molecule has 1 N–H and O–H groups in total. The lowest BCUT2D eigenvalue weighted by Crippen LogP contribution is -2.58. The minimum atomic E-state index is -0.538. The van der Waals surface area contributed by atoms with Gasteiger partial charge < -0.3 is 9.52 Å². The fourth-order valence-corrected chi connectivity index (χ4v) is 5.32. The first-order valence-electron chi connectivity index (χ1n) is 10.8. The highest BCUT2D eigenvalue weighted by molar-refractivity contribution is 6.03. The Morgan fingerprint density at radius 1 is 1.09 bits per heavy atom. The van der Waals surface area contributed by atoms with Gasteiger partial charge >= 0.3 is 11.5 Å². The molecular weight excluding hydrogens is 404 g/mol. The van der Waals surface area contributed by atoms with Crippen molar-refractivity contribution in [3.8, 4) is 17.3 Å². The zero-order valence-corrected chi connectivity index (χ0v) is 17.9. The molecule has 160 valence electrons. The Balaban J connectivity index is 1.58. The number of benzene rings is 2. The van der Waals surface area contributed by atoms with Gasteiger partial charge in [-0.15, -0.1) is 0 Å². The molecular formula is C25H23N4O3+. The van der Waals surface area contributed by atoms with E-state index in [0.717, 1.165) is 36.5 Å². The van der Waals surface area contributed by atoms with Gasteiger partial charge in [0, 0.05) is 11.0 Å². The summed E-state index contributed by atoms with van der Waals surface area (Å²) in [4.78, 5) is 22.1. The van der Waals surface area contributed by atoms with E-state index in [1.165, 1.54) is 4.57 Å². The molecule has 0 amide bonds. The molecule has 0 saturated heterocycles. The van der Waals surface area contributed by atoms with Crippen LogP contribution in [-0.4, -0.2) is 37.0 Å². The van der Waals surface area contributed by atoms with Crippen LogP contribution in [0.3, 0.4) is 0 Å². The average molecular weight is 427 g/mol. The van der Waals surface area contributed by atoms with Gasteiger partial charge in [-0.25, -0.2) is 14.4 Å². The Labute approximate surface area is 184 Å². The first kappa shape index (κ1) is 19.0. The van der Waals surface area contributed by atoms with E-state index in [0.29, 0.717) is 17.0 Å². The molecule has 2 heterocycles. The molecule has 4 aromatic rings. The fraction of sp³-hybridized carbons (Fsp3) is 0.280. The molecule has 0 spiro atoms. The SMILES string of the molecule is Cn1c(/[N+](C)=C(\c2ccccc2)C23CC(C2)C3)nc(-c2nc3ccccc3o2)c(O)c1=O. The molecule has 3 fully saturated rings. The maximum Gasteiger partial charge on any atom is 0.402 e. The number of nitrogens with zero attached hydrogens (tertiary/aromatic N) is 4. The number of para-hydroxylation sites is 2. The summed E-state index contributed by atoms with van der Waals surface area (Å²) in [6.07, 6.45) is 3.47. The van der Waals surface area contributed by atoms with E-state index in [1.807, 2.05) is 48.0 Å². The summed E-state index contributed by atoms with van der Waals surface area (Å²) in [5.74, 6) is 0.897. The van der Waals surface area contributed by atoms with E-state index in [4.69, 9.17) is 9.40 Å². The van der Waals surface area contributed by atoms with E-state index < -0.39 is 11.3 Å². The molecule has 3 aliphatic carbocycles. The van der Waals surface area contributed by atoms with Crippen molar-refractivity contribution in [2.75, 3.05) is 7.05 Å². The monoisotopic (exact) mass is 427 g/mol. The lowest BCUT2D eigenvalue weighted by Gasteiger charge is -2.62.